The zero-order valence-electron chi connectivity index (χ0n) is 19.7. The van der Waals surface area contributed by atoms with E-state index in [1.165, 1.54) is 18.9 Å². The molecule has 1 amide bonds. The van der Waals surface area contributed by atoms with Gasteiger partial charge < -0.3 is 14.2 Å². The maximum absolute atomic E-state index is 13.0. The molecule has 0 atom stereocenters. The topological polar surface area (TPSA) is 72.6 Å². The first kappa shape index (κ1) is 27.0. The van der Waals surface area contributed by atoms with Crippen molar-refractivity contribution in [2.75, 3.05) is 18.6 Å². The van der Waals surface area contributed by atoms with Gasteiger partial charge in [0.2, 0.25) is 11.7 Å². The van der Waals surface area contributed by atoms with Gasteiger partial charge in [-0.15, -0.1) is 0 Å². The van der Waals surface area contributed by atoms with E-state index in [2.05, 4.69) is 5.16 Å². The SMILES string of the molecule is COc1ccc(C(=O)C(Cl)(Cl)CN(C(C)=O)c2cccc(-c3cc(-c4c(Cl)cccc4Cl)no3)c2)cc1. The van der Waals surface area contributed by atoms with E-state index in [4.69, 9.17) is 55.7 Å². The van der Waals surface area contributed by atoms with E-state index in [9.17, 15) is 9.59 Å². The van der Waals surface area contributed by atoms with Crippen LogP contribution in [0.3, 0.4) is 0 Å². The van der Waals surface area contributed by atoms with Crippen LogP contribution in [0.1, 0.15) is 17.3 Å². The van der Waals surface area contributed by atoms with E-state index >= 15 is 0 Å². The van der Waals surface area contributed by atoms with Crippen molar-refractivity contribution in [3.05, 3.63) is 88.4 Å². The molecule has 10 heteroatoms. The lowest BCUT2D eigenvalue weighted by molar-refractivity contribution is -0.116. The molecule has 4 aromatic rings. The Morgan fingerprint density at radius 1 is 0.973 bits per heavy atom. The largest absolute Gasteiger partial charge is 0.497 e. The summed E-state index contributed by atoms with van der Waals surface area (Å²) in [5.74, 6) is 0.110. The van der Waals surface area contributed by atoms with Gasteiger partial charge in [0.1, 0.15) is 11.4 Å². The Morgan fingerprint density at radius 2 is 1.62 bits per heavy atom. The summed E-state index contributed by atoms with van der Waals surface area (Å²) in [6.07, 6.45) is 0. The highest BCUT2D eigenvalue weighted by atomic mass is 35.5. The van der Waals surface area contributed by atoms with E-state index in [1.807, 2.05) is 0 Å². The molecule has 0 aliphatic heterocycles. The van der Waals surface area contributed by atoms with Gasteiger partial charge in [0.05, 0.1) is 23.7 Å². The molecule has 0 radical (unpaired) electrons. The molecule has 1 heterocycles. The van der Waals surface area contributed by atoms with Crippen molar-refractivity contribution < 1.29 is 18.8 Å². The molecule has 0 unspecified atom stereocenters. The van der Waals surface area contributed by atoms with Crippen LogP contribution in [-0.2, 0) is 4.79 Å². The second-order valence-electron chi connectivity index (χ2n) is 8.09. The fraction of sp³-hybridized carbons (Fsp3) is 0.148. The summed E-state index contributed by atoms with van der Waals surface area (Å²) in [4.78, 5) is 27.0. The molecule has 1 aromatic heterocycles. The highest BCUT2D eigenvalue weighted by Crippen LogP contribution is 2.37. The maximum atomic E-state index is 13.0. The minimum atomic E-state index is -1.91. The van der Waals surface area contributed by atoms with E-state index in [0.717, 1.165) is 0 Å². The number of methoxy groups -OCH3 is 1. The quantitative estimate of drug-likeness (QED) is 0.158. The number of halogens is 4. The smallest absolute Gasteiger partial charge is 0.223 e. The second kappa shape index (κ2) is 11.2. The van der Waals surface area contributed by atoms with Gasteiger partial charge in [0.25, 0.3) is 0 Å². The fourth-order valence-corrected chi connectivity index (χ4v) is 4.76. The molecule has 0 spiro atoms. The van der Waals surface area contributed by atoms with Crippen molar-refractivity contribution in [1.82, 2.24) is 5.16 Å². The summed E-state index contributed by atoms with van der Waals surface area (Å²) in [5, 5.41) is 4.97. The number of ether oxygens (including phenoxy) is 1. The van der Waals surface area contributed by atoms with Crippen LogP contribution >= 0.6 is 46.4 Å². The lowest BCUT2D eigenvalue weighted by atomic mass is 10.1. The zero-order valence-corrected chi connectivity index (χ0v) is 22.7. The first-order valence-electron chi connectivity index (χ1n) is 11.0. The highest BCUT2D eigenvalue weighted by molar-refractivity contribution is 6.60. The third-order valence-electron chi connectivity index (χ3n) is 5.59. The van der Waals surface area contributed by atoms with Crippen molar-refractivity contribution in [3.63, 3.8) is 0 Å². The molecule has 0 N–H and O–H groups in total. The monoisotopic (exact) mass is 576 g/mol. The molecule has 0 saturated carbocycles. The number of carbonyl (C=O) groups is 2. The van der Waals surface area contributed by atoms with Crippen LogP contribution in [0.25, 0.3) is 22.6 Å². The van der Waals surface area contributed by atoms with Crippen molar-refractivity contribution in [3.8, 4) is 28.3 Å². The van der Waals surface area contributed by atoms with E-state index in [1.54, 1.807) is 72.8 Å². The summed E-state index contributed by atoms with van der Waals surface area (Å²) in [7, 11) is 1.52. The summed E-state index contributed by atoms with van der Waals surface area (Å²) in [6, 6.07) is 20.2. The fourth-order valence-electron chi connectivity index (χ4n) is 3.71. The Labute approximate surface area is 233 Å². The summed E-state index contributed by atoms with van der Waals surface area (Å²) in [5.41, 5.74) is 2.39. The molecule has 0 saturated heterocycles. The predicted octanol–water partition coefficient (Wildman–Crippen LogP) is 7.73. The molecule has 190 valence electrons. The molecule has 0 bridgehead atoms. The normalized spacial score (nSPS) is 11.3. The Morgan fingerprint density at radius 3 is 2.24 bits per heavy atom. The number of rotatable bonds is 8. The van der Waals surface area contributed by atoms with Crippen LogP contribution in [0.5, 0.6) is 5.75 Å². The lowest BCUT2D eigenvalue weighted by Crippen LogP contribution is -2.43. The number of hydrogen-bond acceptors (Lipinski definition) is 5. The van der Waals surface area contributed by atoms with Gasteiger partial charge >= 0.3 is 0 Å². The third-order valence-corrected chi connectivity index (χ3v) is 6.80. The van der Waals surface area contributed by atoms with Crippen LogP contribution in [0.4, 0.5) is 5.69 Å². The molecular weight excluding hydrogens is 558 g/mol. The Bertz CT molecular complexity index is 1430. The van der Waals surface area contributed by atoms with Gasteiger partial charge in [-0.25, -0.2) is 0 Å². The Balaban J connectivity index is 1.61. The number of ketones is 1. The standard InChI is InChI=1S/C27H20Cl4N2O4/c1-16(34)33(15-27(30,31)26(35)17-9-11-20(36-2)12-10-17)19-6-3-5-18(13-19)24-14-23(32-37-24)25-21(28)7-4-8-22(25)29/h3-14H,15H2,1-2H3. The minimum Gasteiger partial charge on any atom is -0.497 e. The van der Waals surface area contributed by atoms with E-state index in [-0.39, 0.29) is 18.0 Å². The summed E-state index contributed by atoms with van der Waals surface area (Å²) < 4.78 is 8.75. The predicted molar refractivity (Wildman–Crippen MR) is 147 cm³/mol. The van der Waals surface area contributed by atoms with Crippen molar-refractivity contribution in [2.45, 2.75) is 11.3 Å². The molecule has 0 aliphatic carbocycles. The summed E-state index contributed by atoms with van der Waals surface area (Å²) in [6.45, 7) is 1.08. The number of amides is 1. The van der Waals surface area contributed by atoms with Crippen LogP contribution in [0, 0.1) is 0 Å². The number of Topliss-reactive ketones (excluding diaryl/α,β-unsaturated/α-hetero) is 1. The van der Waals surface area contributed by atoms with Gasteiger partial charge in [-0.05, 0) is 48.5 Å². The van der Waals surface area contributed by atoms with Gasteiger partial charge in [0, 0.05) is 35.4 Å². The molecule has 0 aliphatic rings. The van der Waals surface area contributed by atoms with Gasteiger partial charge in [-0.1, -0.05) is 69.8 Å². The number of anilines is 1. The first-order valence-corrected chi connectivity index (χ1v) is 12.5. The van der Waals surface area contributed by atoms with Crippen LogP contribution in [-0.4, -0.2) is 34.8 Å². The molecule has 37 heavy (non-hydrogen) atoms. The van der Waals surface area contributed by atoms with Gasteiger partial charge in [-0.3, -0.25) is 9.59 Å². The average Bonchev–Trinajstić information content (AvgIpc) is 3.36. The van der Waals surface area contributed by atoms with Crippen molar-refractivity contribution in [1.29, 1.82) is 0 Å². The maximum Gasteiger partial charge on any atom is 0.223 e. The Kier molecular flexibility index (Phi) is 8.14. The van der Waals surface area contributed by atoms with Crippen LogP contribution in [0.15, 0.2) is 77.3 Å². The number of benzene rings is 3. The molecule has 6 nitrogen and oxygen atoms in total. The average molecular weight is 578 g/mol. The second-order valence-corrected chi connectivity index (χ2v) is 10.4. The summed E-state index contributed by atoms with van der Waals surface area (Å²) >= 11 is 25.6. The molecule has 3 aromatic carbocycles. The molecule has 0 fully saturated rings. The number of carbonyl (C=O) groups excluding carboxylic acids is 2. The number of aromatic nitrogens is 1. The van der Waals surface area contributed by atoms with Gasteiger partial charge in [-0.2, -0.15) is 0 Å². The number of nitrogens with zero attached hydrogens (tertiary/aromatic N) is 2. The zero-order chi connectivity index (χ0) is 26.7. The highest BCUT2D eigenvalue weighted by Gasteiger charge is 2.38. The van der Waals surface area contributed by atoms with Crippen molar-refractivity contribution >= 4 is 63.8 Å². The van der Waals surface area contributed by atoms with Crippen LogP contribution in [0.2, 0.25) is 10.0 Å². The van der Waals surface area contributed by atoms with Crippen molar-refractivity contribution in [2.24, 2.45) is 0 Å². The number of alkyl halides is 2. The Hall–Kier alpha value is -3.03. The minimum absolute atomic E-state index is 0.281. The third kappa shape index (κ3) is 5.94. The molecular formula is C27H20Cl4N2O4. The molecule has 4 rings (SSSR count). The van der Waals surface area contributed by atoms with Crippen LogP contribution < -0.4 is 9.64 Å². The van der Waals surface area contributed by atoms with E-state index in [0.29, 0.717) is 44.1 Å². The van der Waals surface area contributed by atoms with E-state index < -0.39 is 10.1 Å². The number of hydrogen-bond donors (Lipinski definition) is 0. The lowest BCUT2D eigenvalue weighted by Gasteiger charge is -2.28. The first-order chi connectivity index (χ1) is 17.6. The van der Waals surface area contributed by atoms with Gasteiger partial charge in [0.15, 0.2) is 10.1 Å².